The molecule has 9 heteroatoms. The molecule has 28 heavy (non-hydrogen) atoms. The molecule has 1 aliphatic heterocycles. The van der Waals surface area contributed by atoms with E-state index in [0.717, 1.165) is 12.0 Å². The monoisotopic (exact) mass is 489 g/mol. The van der Waals surface area contributed by atoms with Crippen molar-refractivity contribution in [2.45, 2.75) is 23.8 Å². The molecule has 1 atom stereocenters. The van der Waals surface area contributed by atoms with Crippen molar-refractivity contribution >= 4 is 37.6 Å². The van der Waals surface area contributed by atoms with E-state index >= 15 is 0 Å². The minimum atomic E-state index is -3.86. The normalized spacial score (nSPS) is 17.5. The summed E-state index contributed by atoms with van der Waals surface area (Å²) in [6, 6.07) is 8.08. The van der Waals surface area contributed by atoms with E-state index in [4.69, 9.17) is 25.8 Å². The Bertz CT molecular complexity index is 983. The van der Waals surface area contributed by atoms with Crippen LogP contribution in [0.4, 0.5) is 0 Å². The molecule has 6 nitrogen and oxygen atoms in total. The minimum absolute atomic E-state index is 0.0359. The number of halogens is 2. The van der Waals surface area contributed by atoms with Crippen LogP contribution < -0.4 is 14.2 Å². The Morgan fingerprint density at radius 3 is 2.50 bits per heavy atom. The van der Waals surface area contributed by atoms with Crippen LogP contribution in [0, 0.1) is 0 Å². The molecule has 0 aliphatic carbocycles. The van der Waals surface area contributed by atoms with Crippen LogP contribution in [-0.4, -0.2) is 40.6 Å². The Balaban J connectivity index is 2.09. The molecule has 3 rings (SSSR count). The highest BCUT2D eigenvalue weighted by Gasteiger charge is 2.39. The molecule has 1 unspecified atom stereocenters. The van der Waals surface area contributed by atoms with Gasteiger partial charge in [0.05, 0.1) is 31.8 Å². The molecule has 0 amide bonds. The lowest BCUT2D eigenvalue weighted by atomic mass is 10.0. The lowest BCUT2D eigenvalue weighted by Gasteiger charge is -2.27. The number of rotatable bonds is 6. The predicted molar refractivity (Wildman–Crippen MR) is 111 cm³/mol. The summed E-state index contributed by atoms with van der Waals surface area (Å²) < 4.78 is 45.1. The van der Waals surface area contributed by atoms with Crippen LogP contribution in [0.1, 0.15) is 24.4 Å². The number of methoxy groups -OCH3 is 3. The number of benzene rings is 2. The molecular formula is C19H21BrClNO5S. The van der Waals surface area contributed by atoms with Gasteiger partial charge in [-0.1, -0.05) is 17.7 Å². The van der Waals surface area contributed by atoms with Crippen molar-refractivity contribution in [3.05, 3.63) is 45.4 Å². The van der Waals surface area contributed by atoms with E-state index in [1.54, 1.807) is 32.4 Å². The third kappa shape index (κ3) is 3.83. The van der Waals surface area contributed by atoms with Crippen LogP contribution >= 0.6 is 27.5 Å². The number of nitrogens with zero attached hydrogens (tertiary/aromatic N) is 1. The van der Waals surface area contributed by atoms with Gasteiger partial charge in [-0.3, -0.25) is 0 Å². The van der Waals surface area contributed by atoms with E-state index in [0.29, 0.717) is 34.0 Å². The van der Waals surface area contributed by atoms with Gasteiger partial charge in [-0.05, 0) is 47.0 Å². The van der Waals surface area contributed by atoms with Gasteiger partial charge >= 0.3 is 0 Å². The highest BCUT2D eigenvalue weighted by molar-refractivity contribution is 9.10. The zero-order chi connectivity index (χ0) is 20.5. The molecule has 0 N–H and O–H groups in total. The van der Waals surface area contributed by atoms with Crippen molar-refractivity contribution in [3.63, 3.8) is 0 Å². The summed E-state index contributed by atoms with van der Waals surface area (Å²) in [5.74, 6) is 1.47. The molecule has 2 aromatic rings. The Morgan fingerprint density at radius 1 is 1.11 bits per heavy atom. The van der Waals surface area contributed by atoms with Gasteiger partial charge in [0.2, 0.25) is 10.0 Å². The SMILES string of the molecule is COc1ccc(C2CCCN2S(=O)(=O)c2cc(Cl)cc(Br)c2OC)c(OC)c1. The molecule has 0 saturated carbocycles. The fraction of sp³-hybridized carbons (Fsp3) is 0.368. The van der Waals surface area contributed by atoms with Gasteiger partial charge in [-0.15, -0.1) is 0 Å². The third-order valence-corrected chi connectivity index (χ3v) is 7.49. The lowest BCUT2D eigenvalue weighted by Crippen LogP contribution is -2.31. The molecule has 1 fully saturated rings. The van der Waals surface area contributed by atoms with Crippen molar-refractivity contribution in [2.24, 2.45) is 0 Å². The van der Waals surface area contributed by atoms with Gasteiger partial charge in [0, 0.05) is 23.2 Å². The van der Waals surface area contributed by atoms with Gasteiger partial charge in [0.15, 0.2) is 5.75 Å². The van der Waals surface area contributed by atoms with E-state index in [-0.39, 0.29) is 16.7 Å². The topological polar surface area (TPSA) is 65.1 Å². The predicted octanol–water partition coefficient (Wildman–Crippen LogP) is 4.65. The second-order valence-electron chi connectivity index (χ2n) is 6.30. The van der Waals surface area contributed by atoms with Crippen molar-refractivity contribution in [2.75, 3.05) is 27.9 Å². The Morgan fingerprint density at radius 2 is 1.86 bits per heavy atom. The molecule has 1 saturated heterocycles. The molecule has 0 spiro atoms. The van der Waals surface area contributed by atoms with E-state index in [1.165, 1.54) is 17.5 Å². The molecule has 1 heterocycles. The largest absolute Gasteiger partial charge is 0.497 e. The second kappa shape index (κ2) is 8.49. The molecule has 0 radical (unpaired) electrons. The first kappa shape index (κ1) is 21.2. The molecule has 2 aromatic carbocycles. The Hall–Kier alpha value is -1.48. The summed E-state index contributed by atoms with van der Waals surface area (Å²) in [5, 5.41) is 0.309. The highest BCUT2D eigenvalue weighted by atomic mass is 79.9. The number of hydrogen-bond acceptors (Lipinski definition) is 5. The van der Waals surface area contributed by atoms with Crippen LogP contribution in [0.3, 0.4) is 0 Å². The Kier molecular flexibility index (Phi) is 6.44. The van der Waals surface area contributed by atoms with Gasteiger partial charge in [0.25, 0.3) is 0 Å². The van der Waals surface area contributed by atoms with Crippen molar-refractivity contribution in [3.8, 4) is 17.2 Å². The average molecular weight is 491 g/mol. The van der Waals surface area contributed by atoms with Gasteiger partial charge in [-0.2, -0.15) is 4.31 Å². The summed E-state index contributed by atoms with van der Waals surface area (Å²) in [6.07, 6.45) is 1.43. The van der Waals surface area contributed by atoms with Crippen molar-refractivity contribution < 1.29 is 22.6 Å². The third-order valence-electron chi connectivity index (χ3n) is 4.77. The number of ether oxygens (including phenoxy) is 3. The van der Waals surface area contributed by atoms with E-state index < -0.39 is 10.0 Å². The van der Waals surface area contributed by atoms with Gasteiger partial charge in [0.1, 0.15) is 16.4 Å². The number of sulfonamides is 1. The zero-order valence-electron chi connectivity index (χ0n) is 15.7. The first-order valence-electron chi connectivity index (χ1n) is 8.60. The summed E-state index contributed by atoms with van der Waals surface area (Å²) in [4.78, 5) is 0.0359. The summed E-state index contributed by atoms with van der Waals surface area (Å²) in [6.45, 7) is 0.398. The van der Waals surface area contributed by atoms with E-state index in [9.17, 15) is 8.42 Å². The van der Waals surface area contributed by atoms with E-state index in [2.05, 4.69) is 15.9 Å². The quantitative estimate of drug-likeness (QED) is 0.589. The minimum Gasteiger partial charge on any atom is -0.497 e. The molecule has 0 aromatic heterocycles. The lowest BCUT2D eigenvalue weighted by molar-refractivity contribution is 0.357. The van der Waals surface area contributed by atoms with Gasteiger partial charge < -0.3 is 14.2 Å². The maximum atomic E-state index is 13.5. The first-order chi connectivity index (χ1) is 13.3. The van der Waals surface area contributed by atoms with Crippen LogP contribution in [0.2, 0.25) is 5.02 Å². The summed E-state index contributed by atoms with van der Waals surface area (Å²) in [5.41, 5.74) is 0.796. The smallest absolute Gasteiger partial charge is 0.247 e. The van der Waals surface area contributed by atoms with Gasteiger partial charge in [-0.25, -0.2) is 8.42 Å². The Labute approximate surface area is 178 Å². The summed E-state index contributed by atoms with van der Waals surface area (Å²) in [7, 11) is 0.706. The van der Waals surface area contributed by atoms with Crippen LogP contribution in [0.15, 0.2) is 39.7 Å². The maximum absolute atomic E-state index is 13.5. The summed E-state index contributed by atoms with van der Waals surface area (Å²) >= 11 is 9.46. The molecular weight excluding hydrogens is 470 g/mol. The van der Waals surface area contributed by atoms with Crippen molar-refractivity contribution in [1.29, 1.82) is 0 Å². The standard InChI is InChI=1S/C19H21BrClNO5S/c1-25-13-6-7-14(17(11-13)26-2)16-5-4-8-22(16)28(23,24)18-10-12(21)9-15(20)19(18)27-3/h6-7,9-11,16H,4-5,8H2,1-3H3. The zero-order valence-corrected chi connectivity index (χ0v) is 18.9. The fourth-order valence-electron chi connectivity index (χ4n) is 3.49. The second-order valence-corrected chi connectivity index (χ2v) is 9.45. The van der Waals surface area contributed by atoms with Crippen LogP contribution in [-0.2, 0) is 10.0 Å². The average Bonchev–Trinajstić information content (AvgIpc) is 3.17. The molecule has 152 valence electrons. The highest BCUT2D eigenvalue weighted by Crippen LogP contribution is 2.44. The van der Waals surface area contributed by atoms with Crippen LogP contribution in [0.5, 0.6) is 17.2 Å². The van der Waals surface area contributed by atoms with E-state index in [1.807, 2.05) is 6.07 Å². The molecule has 0 bridgehead atoms. The maximum Gasteiger partial charge on any atom is 0.247 e. The van der Waals surface area contributed by atoms with Crippen LogP contribution in [0.25, 0.3) is 0 Å². The molecule has 1 aliphatic rings. The number of hydrogen-bond donors (Lipinski definition) is 0. The van der Waals surface area contributed by atoms with Crippen molar-refractivity contribution in [1.82, 2.24) is 4.31 Å². The first-order valence-corrected chi connectivity index (χ1v) is 11.2. The fourth-order valence-corrected chi connectivity index (χ4v) is 6.53.